The van der Waals surface area contributed by atoms with Crippen molar-refractivity contribution in [3.63, 3.8) is 0 Å². The molecular weight excluding hydrogens is 176 g/mol. The topological polar surface area (TPSA) is 47.1 Å². The summed E-state index contributed by atoms with van der Waals surface area (Å²) in [4.78, 5) is 2.34. The second kappa shape index (κ2) is 3.61. The van der Waals surface area contributed by atoms with Crippen LogP contribution in [0.1, 0.15) is 24.6 Å². The third-order valence-electron chi connectivity index (χ3n) is 2.83. The van der Waals surface area contributed by atoms with E-state index in [2.05, 4.69) is 17.0 Å². The summed E-state index contributed by atoms with van der Waals surface area (Å²) in [6, 6.07) is 2.40. The molecule has 0 radical (unpaired) electrons. The number of rotatable bonds is 1. The fourth-order valence-corrected chi connectivity index (χ4v) is 2.17. The van der Waals surface area contributed by atoms with Crippen LogP contribution in [-0.2, 0) is 0 Å². The van der Waals surface area contributed by atoms with Gasteiger partial charge in [0.15, 0.2) is 0 Å². The van der Waals surface area contributed by atoms with Gasteiger partial charge in [0.25, 0.3) is 0 Å². The third-order valence-corrected chi connectivity index (χ3v) is 2.83. The Bertz CT molecular complexity index is 318. The summed E-state index contributed by atoms with van der Waals surface area (Å²) in [5, 5.41) is 4.43. The Hall–Kier alpha value is -1.03. The standard InChI is InChI=1S/C10H18N4/c1-8-6-10(11)14(12-8)9-4-3-5-13(2)7-9/h6,9H,3-5,7,11H2,1-2H3. The van der Waals surface area contributed by atoms with Crippen molar-refractivity contribution in [2.75, 3.05) is 25.9 Å². The highest BCUT2D eigenvalue weighted by molar-refractivity contribution is 5.30. The van der Waals surface area contributed by atoms with Crippen molar-refractivity contribution in [2.24, 2.45) is 0 Å². The van der Waals surface area contributed by atoms with Gasteiger partial charge in [-0.25, -0.2) is 4.68 Å². The maximum absolute atomic E-state index is 5.90. The van der Waals surface area contributed by atoms with E-state index in [0.717, 1.165) is 18.1 Å². The molecule has 0 amide bonds. The summed E-state index contributed by atoms with van der Waals surface area (Å²) in [6.45, 7) is 4.24. The largest absolute Gasteiger partial charge is 0.384 e. The quantitative estimate of drug-likeness (QED) is 0.726. The van der Waals surface area contributed by atoms with E-state index < -0.39 is 0 Å². The number of piperidine rings is 1. The summed E-state index contributed by atoms with van der Waals surface area (Å²) in [5.74, 6) is 0.794. The lowest BCUT2D eigenvalue weighted by Gasteiger charge is -2.30. The van der Waals surface area contributed by atoms with E-state index in [1.165, 1.54) is 19.4 Å². The number of aryl methyl sites for hydroxylation is 1. The first-order valence-corrected chi connectivity index (χ1v) is 5.17. The zero-order valence-electron chi connectivity index (χ0n) is 8.90. The molecule has 1 aliphatic heterocycles. The van der Waals surface area contributed by atoms with Crippen LogP contribution in [-0.4, -0.2) is 34.8 Å². The molecule has 2 rings (SSSR count). The fraction of sp³-hybridized carbons (Fsp3) is 0.700. The van der Waals surface area contributed by atoms with Crippen LogP contribution < -0.4 is 5.73 Å². The van der Waals surface area contributed by atoms with Crippen LogP contribution in [0.15, 0.2) is 6.07 Å². The molecule has 2 heterocycles. The maximum atomic E-state index is 5.90. The van der Waals surface area contributed by atoms with E-state index in [9.17, 15) is 0 Å². The first-order chi connectivity index (χ1) is 6.66. The average Bonchev–Trinajstić information content (AvgIpc) is 2.45. The molecule has 1 aromatic rings. The van der Waals surface area contributed by atoms with Crippen molar-refractivity contribution >= 4 is 5.82 Å². The Balaban J connectivity index is 2.17. The SMILES string of the molecule is Cc1cc(N)n(C2CCCN(C)C2)n1. The van der Waals surface area contributed by atoms with Crippen LogP contribution in [0, 0.1) is 6.92 Å². The molecule has 1 fully saturated rings. The van der Waals surface area contributed by atoms with Crippen LogP contribution in [0.4, 0.5) is 5.82 Å². The number of nitrogens with two attached hydrogens (primary N) is 1. The summed E-state index contributed by atoms with van der Waals surface area (Å²) in [7, 11) is 2.15. The smallest absolute Gasteiger partial charge is 0.122 e. The molecule has 1 unspecified atom stereocenters. The normalized spacial score (nSPS) is 24.0. The molecule has 14 heavy (non-hydrogen) atoms. The number of anilines is 1. The molecular formula is C10H18N4. The Labute approximate surface area is 84.7 Å². The van der Waals surface area contributed by atoms with Gasteiger partial charge >= 0.3 is 0 Å². The van der Waals surface area contributed by atoms with E-state index in [0.29, 0.717) is 6.04 Å². The number of likely N-dealkylation sites (N-methyl/N-ethyl adjacent to an activating group) is 1. The minimum Gasteiger partial charge on any atom is -0.384 e. The van der Waals surface area contributed by atoms with E-state index >= 15 is 0 Å². The molecule has 1 aliphatic rings. The van der Waals surface area contributed by atoms with Gasteiger partial charge < -0.3 is 10.6 Å². The number of hydrogen-bond donors (Lipinski definition) is 1. The predicted molar refractivity (Wildman–Crippen MR) is 57.1 cm³/mol. The highest BCUT2D eigenvalue weighted by Crippen LogP contribution is 2.22. The van der Waals surface area contributed by atoms with Crippen LogP contribution in [0.5, 0.6) is 0 Å². The lowest BCUT2D eigenvalue weighted by atomic mass is 10.1. The highest BCUT2D eigenvalue weighted by Gasteiger charge is 2.20. The van der Waals surface area contributed by atoms with Crippen molar-refractivity contribution in [3.8, 4) is 0 Å². The van der Waals surface area contributed by atoms with Gasteiger partial charge in [0.1, 0.15) is 5.82 Å². The number of aromatic nitrogens is 2. The summed E-state index contributed by atoms with van der Waals surface area (Å²) >= 11 is 0. The molecule has 0 aliphatic carbocycles. The van der Waals surface area contributed by atoms with Gasteiger partial charge in [-0.2, -0.15) is 5.10 Å². The van der Waals surface area contributed by atoms with Crippen LogP contribution in [0.3, 0.4) is 0 Å². The first kappa shape index (κ1) is 9.52. The van der Waals surface area contributed by atoms with Crippen LogP contribution in [0.25, 0.3) is 0 Å². The van der Waals surface area contributed by atoms with Gasteiger partial charge in [0.05, 0.1) is 11.7 Å². The molecule has 1 saturated heterocycles. The van der Waals surface area contributed by atoms with E-state index in [-0.39, 0.29) is 0 Å². The zero-order chi connectivity index (χ0) is 10.1. The first-order valence-electron chi connectivity index (χ1n) is 5.17. The van der Waals surface area contributed by atoms with Crippen LogP contribution in [0.2, 0.25) is 0 Å². The second-order valence-corrected chi connectivity index (χ2v) is 4.21. The zero-order valence-corrected chi connectivity index (χ0v) is 8.90. The van der Waals surface area contributed by atoms with E-state index in [1.807, 2.05) is 17.7 Å². The molecule has 78 valence electrons. The minimum absolute atomic E-state index is 0.461. The third kappa shape index (κ3) is 1.75. The van der Waals surface area contributed by atoms with Gasteiger partial charge in [0.2, 0.25) is 0 Å². The Kier molecular flexibility index (Phi) is 2.46. The molecule has 2 N–H and O–H groups in total. The molecule has 1 aromatic heterocycles. The summed E-state index contributed by atoms with van der Waals surface area (Å²) < 4.78 is 1.98. The summed E-state index contributed by atoms with van der Waals surface area (Å²) in [5.41, 5.74) is 6.91. The Morgan fingerprint density at radius 2 is 2.36 bits per heavy atom. The van der Waals surface area contributed by atoms with Gasteiger partial charge in [0, 0.05) is 12.6 Å². The molecule has 4 nitrogen and oxygen atoms in total. The molecule has 0 aromatic carbocycles. The van der Waals surface area contributed by atoms with Crippen molar-refractivity contribution in [3.05, 3.63) is 11.8 Å². The Morgan fingerprint density at radius 1 is 1.57 bits per heavy atom. The van der Waals surface area contributed by atoms with Gasteiger partial charge in [-0.15, -0.1) is 0 Å². The molecule has 4 heteroatoms. The molecule has 0 saturated carbocycles. The average molecular weight is 194 g/mol. The number of hydrogen-bond acceptors (Lipinski definition) is 3. The highest BCUT2D eigenvalue weighted by atomic mass is 15.3. The van der Waals surface area contributed by atoms with Crippen molar-refractivity contribution in [2.45, 2.75) is 25.8 Å². The Morgan fingerprint density at radius 3 is 2.93 bits per heavy atom. The van der Waals surface area contributed by atoms with E-state index in [4.69, 9.17) is 5.73 Å². The second-order valence-electron chi connectivity index (χ2n) is 4.21. The molecule has 1 atom stereocenters. The number of likely N-dealkylation sites (tertiary alicyclic amines) is 1. The fourth-order valence-electron chi connectivity index (χ4n) is 2.17. The predicted octanol–water partition coefficient (Wildman–Crippen LogP) is 1.04. The number of nitrogens with zero attached hydrogens (tertiary/aromatic N) is 3. The van der Waals surface area contributed by atoms with Crippen molar-refractivity contribution in [1.29, 1.82) is 0 Å². The molecule has 0 bridgehead atoms. The molecule has 0 spiro atoms. The van der Waals surface area contributed by atoms with Crippen LogP contribution >= 0.6 is 0 Å². The van der Waals surface area contributed by atoms with Crippen molar-refractivity contribution < 1.29 is 0 Å². The lowest BCUT2D eigenvalue weighted by molar-refractivity contribution is 0.204. The van der Waals surface area contributed by atoms with Gasteiger partial charge in [-0.05, 0) is 33.4 Å². The summed E-state index contributed by atoms with van der Waals surface area (Å²) in [6.07, 6.45) is 2.43. The van der Waals surface area contributed by atoms with Gasteiger partial charge in [-0.3, -0.25) is 0 Å². The van der Waals surface area contributed by atoms with Gasteiger partial charge in [-0.1, -0.05) is 0 Å². The number of nitrogen functional groups attached to an aromatic ring is 1. The lowest BCUT2D eigenvalue weighted by Crippen LogP contribution is -2.34. The monoisotopic (exact) mass is 194 g/mol. The minimum atomic E-state index is 0.461. The van der Waals surface area contributed by atoms with E-state index in [1.54, 1.807) is 0 Å². The maximum Gasteiger partial charge on any atom is 0.122 e. The van der Waals surface area contributed by atoms with Crippen molar-refractivity contribution in [1.82, 2.24) is 14.7 Å².